The average molecular weight is 426 g/mol. The molecule has 1 aliphatic carbocycles. The van der Waals surface area contributed by atoms with Crippen molar-refractivity contribution < 1.29 is 13.5 Å². The van der Waals surface area contributed by atoms with Crippen LogP contribution in [0.5, 0.6) is 5.75 Å². The van der Waals surface area contributed by atoms with E-state index in [2.05, 4.69) is 25.1 Å². The van der Waals surface area contributed by atoms with E-state index in [-0.39, 0.29) is 5.82 Å². The predicted octanol–water partition coefficient (Wildman–Crippen LogP) is 3.81. The lowest BCUT2D eigenvalue weighted by Gasteiger charge is -2.31. The second-order valence-corrected chi connectivity index (χ2v) is 8.60. The van der Waals surface area contributed by atoms with Crippen LogP contribution >= 0.6 is 0 Å². The van der Waals surface area contributed by atoms with Crippen LogP contribution in [0.2, 0.25) is 0 Å². The Hall–Kier alpha value is -3.10. The zero-order valence-corrected chi connectivity index (χ0v) is 18.1. The van der Waals surface area contributed by atoms with Gasteiger partial charge in [0.05, 0.1) is 36.9 Å². The molecule has 0 unspecified atom stereocenters. The molecule has 5 rings (SSSR count). The van der Waals surface area contributed by atoms with Gasteiger partial charge in [-0.25, -0.2) is 4.39 Å². The fourth-order valence-corrected chi connectivity index (χ4v) is 4.76. The number of methoxy groups -OCH3 is 1. The van der Waals surface area contributed by atoms with Crippen LogP contribution in [0.1, 0.15) is 37.5 Å². The number of aryl methyl sites for hydroxylation is 1. The number of ether oxygens (including phenoxy) is 1. The molecule has 0 amide bonds. The SMILES string of the molecule is COc1cc2c(cc1F)N(C)CN2CC1CCC(c2nnc(-c3cnn(C)c3)o2)CC1. The number of benzene rings is 1. The first-order valence-electron chi connectivity index (χ1n) is 10.7. The molecule has 1 aliphatic heterocycles. The molecule has 1 saturated carbocycles. The van der Waals surface area contributed by atoms with Crippen molar-refractivity contribution in [3.05, 3.63) is 36.2 Å². The summed E-state index contributed by atoms with van der Waals surface area (Å²) in [5, 5.41) is 12.7. The van der Waals surface area contributed by atoms with Crippen molar-refractivity contribution in [1.82, 2.24) is 20.0 Å². The van der Waals surface area contributed by atoms with E-state index in [1.165, 1.54) is 7.11 Å². The van der Waals surface area contributed by atoms with Gasteiger partial charge in [-0.15, -0.1) is 10.2 Å². The van der Waals surface area contributed by atoms with E-state index in [0.717, 1.165) is 61.7 Å². The molecule has 0 radical (unpaired) electrons. The Bertz CT molecular complexity index is 1070. The zero-order valence-electron chi connectivity index (χ0n) is 18.1. The van der Waals surface area contributed by atoms with Crippen LogP contribution in [-0.4, -0.2) is 47.3 Å². The molecule has 31 heavy (non-hydrogen) atoms. The lowest BCUT2D eigenvalue weighted by Crippen LogP contribution is -2.33. The highest BCUT2D eigenvalue weighted by Gasteiger charge is 2.31. The number of halogens is 1. The van der Waals surface area contributed by atoms with Crippen molar-refractivity contribution in [2.45, 2.75) is 31.6 Å². The Labute approximate surface area is 180 Å². The molecule has 164 valence electrons. The van der Waals surface area contributed by atoms with Crippen molar-refractivity contribution >= 4 is 11.4 Å². The summed E-state index contributed by atoms with van der Waals surface area (Å²) in [4.78, 5) is 4.41. The molecule has 0 spiro atoms. The van der Waals surface area contributed by atoms with Crippen molar-refractivity contribution in [2.75, 3.05) is 37.2 Å². The molecule has 0 N–H and O–H groups in total. The summed E-state index contributed by atoms with van der Waals surface area (Å²) in [5.74, 6) is 2.11. The maximum atomic E-state index is 14.1. The first kappa shape index (κ1) is 19.8. The Morgan fingerprint density at radius 3 is 2.65 bits per heavy atom. The van der Waals surface area contributed by atoms with Gasteiger partial charge in [0.2, 0.25) is 5.89 Å². The summed E-state index contributed by atoms with van der Waals surface area (Å²) in [6.07, 6.45) is 7.87. The van der Waals surface area contributed by atoms with Gasteiger partial charge < -0.3 is 19.0 Å². The molecular weight excluding hydrogens is 399 g/mol. The number of anilines is 2. The smallest absolute Gasteiger partial charge is 0.250 e. The summed E-state index contributed by atoms with van der Waals surface area (Å²) >= 11 is 0. The second kappa shape index (κ2) is 7.86. The van der Waals surface area contributed by atoms with Gasteiger partial charge in [-0.05, 0) is 31.6 Å². The highest BCUT2D eigenvalue weighted by Crippen LogP contribution is 2.42. The Kier molecular flexibility index (Phi) is 5.03. The van der Waals surface area contributed by atoms with Crippen LogP contribution in [0.4, 0.5) is 15.8 Å². The summed E-state index contributed by atoms with van der Waals surface area (Å²) < 4.78 is 27.0. The molecule has 0 bridgehead atoms. The zero-order chi connectivity index (χ0) is 21.5. The molecule has 0 atom stereocenters. The largest absolute Gasteiger partial charge is 0.494 e. The van der Waals surface area contributed by atoms with E-state index in [1.54, 1.807) is 16.9 Å². The third-order valence-corrected chi connectivity index (χ3v) is 6.45. The molecule has 2 aromatic heterocycles. The monoisotopic (exact) mass is 426 g/mol. The summed E-state index contributed by atoms with van der Waals surface area (Å²) in [5.41, 5.74) is 2.81. The molecule has 0 saturated heterocycles. The van der Waals surface area contributed by atoms with E-state index in [4.69, 9.17) is 9.15 Å². The molecule has 1 aromatic carbocycles. The fraction of sp³-hybridized carbons (Fsp3) is 0.500. The normalized spacial score (nSPS) is 20.9. The highest BCUT2D eigenvalue weighted by molar-refractivity contribution is 5.77. The summed E-state index contributed by atoms with van der Waals surface area (Å²) in [6, 6.07) is 3.39. The number of rotatable bonds is 5. The third kappa shape index (κ3) is 3.73. The Morgan fingerprint density at radius 1 is 1.13 bits per heavy atom. The lowest BCUT2D eigenvalue weighted by atomic mass is 9.81. The molecular formula is C22H27FN6O2. The van der Waals surface area contributed by atoms with Gasteiger partial charge in [-0.2, -0.15) is 5.10 Å². The van der Waals surface area contributed by atoms with Gasteiger partial charge in [0, 0.05) is 44.9 Å². The van der Waals surface area contributed by atoms with E-state index in [0.29, 0.717) is 23.5 Å². The third-order valence-electron chi connectivity index (χ3n) is 6.45. The second-order valence-electron chi connectivity index (χ2n) is 8.60. The standard InChI is InChI=1S/C22H27FN6O2/c1-27-13-29(19-9-20(30-3)17(23)8-18(19)27)11-14-4-6-15(7-5-14)21-25-26-22(31-21)16-10-24-28(2)12-16/h8-10,12,14-15H,4-7,11,13H2,1-3H3. The van der Waals surface area contributed by atoms with Gasteiger partial charge in [0.15, 0.2) is 11.6 Å². The van der Waals surface area contributed by atoms with Gasteiger partial charge in [-0.1, -0.05) is 0 Å². The molecule has 8 nitrogen and oxygen atoms in total. The van der Waals surface area contributed by atoms with Gasteiger partial charge in [0.1, 0.15) is 0 Å². The molecule has 2 aliphatic rings. The minimum Gasteiger partial charge on any atom is -0.494 e. The average Bonchev–Trinajstić information content (AvgIpc) is 3.48. The van der Waals surface area contributed by atoms with E-state index in [9.17, 15) is 4.39 Å². The van der Waals surface area contributed by atoms with E-state index in [1.807, 2.05) is 26.4 Å². The fourth-order valence-electron chi connectivity index (χ4n) is 4.76. The first-order chi connectivity index (χ1) is 15.0. The first-order valence-corrected chi connectivity index (χ1v) is 10.7. The number of hydrogen-bond donors (Lipinski definition) is 0. The van der Waals surface area contributed by atoms with Crippen molar-refractivity contribution in [1.29, 1.82) is 0 Å². The van der Waals surface area contributed by atoms with E-state index >= 15 is 0 Å². The van der Waals surface area contributed by atoms with Gasteiger partial charge in [-0.3, -0.25) is 4.68 Å². The minimum atomic E-state index is -0.319. The maximum absolute atomic E-state index is 14.1. The van der Waals surface area contributed by atoms with Crippen LogP contribution in [0.15, 0.2) is 28.9 Å². The van der Waals surface area contributed by atoms with Gasteiger partial charge >= 0.3 is 0 Å². The number of nitrogens with zero attached hydrogens (tertiary/aromatic N) is 6. The van der Waals surface area contributed by atoms with Crippen molar-refractivity contribution in [3.8, 4) is 17.2 Å². The van der Waals surface area contributed by atoms with Crippen LogP contribution in [-0.2, 0) is 7.05 Å². The predicted molar refractivity (Wildman–Crippen MR) is 115 cm³/mol. The molecule has 9 heteroatoms. The molecule has 3 aromatic rings. The maximum Gasteiger partial charge on any atom is 0.250 e. The minimum absolute atomic E-state index is 0.295. The van der Waals surface area contributed by atoms with Crippen LogP contribution < -0.4 is 14.5 Å². The summed E-state index contributed by atoms with van der Waals surface area (Å²) in [7, 11) is 5.37. The van der Waals surface area contributed by atoms with Crippen molar-refractivity contribution in [2.24, 2.45) is 13.0 Å². The summed E-state index contributed by atoms with van der Waals surface area (Å²) in [6.45, 7) is 1.71. The van der Waals surface area contributed by atoms with Crippen LogP contribution in [0, 0.1) is 11.7 Å². The quantitative estimate of drug-likeness (QED) is 0.614. The molecule has 1 fully saturated rings. The molecule has 3 heterocycles. The Balaban J connectivity index is 1.22. The topological polar surface area (TPSA) is 72.5 Å². The lowest BCUT2D eigenvalue weighted by molar-refractivity contribution is 0.295. The highest BCUT2D eigenvalue weighted by atomic mass is 19.1. The van der Waals surface area contributed by atoms with Gasteiger partial charge in [0.25, 0.3) is 5.89 Å². The number of aromatic nitrogens is 4. The van der Waals surface area contributed by atoms with E-state index < -0.39 is 0 Å². The van der Waals surface area contributed by atoms with Crippen LogP contribution in [0.3, 0.4) is 0 Å². The van der Waals surface area contributed by atoms with Crippen LogP contribution in [0.25, 0.3) is 11.5 Å². The Morgan fingerprint density at radius 2 is 1.94 bits per heavy atom. The number of fused-ring (bicyclic) bond motifs is 1. The van der Waals surface area contributed by atoms with Crippen molar-refractivity contribution in [3.63, 3.8) is 0 Å². The number of hydrogen-bond acceptors (Lipinski definition) is 7.